The Labute approximate surface area is 96.9 Å². The highest BCUT2D eigenvalue weighted by molar-refractivity contribution is 5.03. The van der Waals surface area contributed by atoms with E-state index in [2.05, 4.69) is 27.3 Å². The summed E-state index contributed by atoms with van der Waals surface area (Å²) in [5, 5.41) is 3.51. The van der Waals surface area contributed by atoms with Crippen LogP contribution in [-0.2, 0) is 6.54 Å². The van der Waals surface area contributed by atoms with Crippen LogP contribution in [0.25, 0.3) is 0 Å². The van der Waals surface area contributed by atoms with Crippen LogP contribution in [0, 0.1) is 11.8 Å². The van der Waals surface area contributed by atoms with E-state index in [0.29, 0.717) is 0 Å². The SMILES string of the molecule is c1ccc(CN2CCC3CNCC3C2)nc1. The highest BCUT2D eigenvalue weighted by atomic mass is 15.2. The lowest BCUT2D eigenvalue weighted by atomic mass is 9.89. The molecule has 16 heavy (non-hydrogen) atoms. The van der Waals surface area contributed by atoms with Crippen molar-refractivity contribution in [3.63, 3.8) is 0 Å². The van der Waals surface area contributed by atoms with Gasteiger partial charge in [0.1, 0.15) is 0 Å². The van der Waals surface area contributed by atoms with E-state index < -0.39 is 0 Å². The van der Waals surface area contributed by atoms with Crippen LogP contribution in [0.4, 0.5) is 0 Å². The molecule has 0 spiro atoms. The summed E-state index contributed by atoms with van der Waals surface area (Å²) in [5.74, 6) is 1.80. The van der Waals surface area contributed by atoms with Crippen molar-refractivity contribution in [2.24, 2.45) is 11.8 Å². The van der Waals surface area contributed by atoms with Crippen LogP contribution in [0.3, 0.4) is 0 Å². The van der Waals surface area contributed by atoms with E-state index in [1.54, 1.807) is 0 Å². The van der Waals surface area contributed by atoms with Crippen LogP contribution >= 0.6 is 0 Å². The number of nitrogens with zero attached hydrogens (tertiary/aromatic N) is 2. The first-order valence-corrected chi connectivity index (χ1v) is 6.25. The third-order valence-electron chi connectivity index (χ3n) is 3.90. The molecule has 3 rings (SSSR count). The Morgan fingerprint density at radius 3 is 3.12 bits per heavy atom. The maximum absolute atomic E-state index is 4.40. The minimum Gasteiger partial charge on any atom is -0.316 e. The van der Waals surface area contributed by atoms with Crippen molar-refractivity contribution in [3.05, 3.63) is 30.1 Å². The second-order valence-corrected chi connectivity index (χ2v) is 5.02. The topological polar surface area (TPSA) is 28.2 Å². The Bertz CT molecular complexity index is 338. The van der Waals surface area contributed by atoms with Gasteiger partial charge in [-0.15, -0.1) is 0 Å². The maximum atomic E-state index is 4.40. The van der Waals surface area contributed by atoms with Gasteiger partial charge in [-0.25, -0.2) is 0 Å². The lowest BCUT2D eigenvalue weighted by Crippen LogP contribution is -2.39. The van der Waals surface area contributed by atoms with Crippen LogP contribution in [0.1, 0.15) is 12.1 Å². The van der Waals surface area contributed by atoms with Gasteiger partial charge < -0.3 is 5.32 Å². The first kappa shape index (κ1) is 10.2. The van der Waals surface area contributed by atoms with Crippen LogP contribution < -0.4 is 5.32 Å². The molecule has 86 valence electrons. The highest BCUT2D eigenvalue weighted by Gasteiger charge is 2.32. The van der Waals surface area contributed by atoms with Crippen LogP contribution in [0.5, 0.6) is 0 Å². The zero-order chi connectivity index (χ0) is 10.8. The minimum atomic E-state index is 0.873. The molecule has 1 N–H and O–H groups in total. The number of hydrogen-bond donors (Lipinski definition) is 1. The van der Waals surface area contributed by atoms with Gasteiger partial charge in [0.15, 0.2) is 0 Å². The second-order valence-electron chi connectivity index (χ2n) is 5.02. The number of hydrogen-bond acceptors (Lipinski definition) is 3. The number of likely N-dealkylation sites (tertiary alicyclic amines) is 1. The Morgan fingerprint density at radius 1 is 1.31 bits per heavy atom. The van der Waals surface area contributed by atoms with Gasteiger partial charge >= 0.3 is 0 Å². The molecule has 1 aromatic heterocycles. The van der Waals surface area contributed by atoms with Crippen molar-refractivity contribution >= 4 is 0 Å². The third kappa shape index (κ3) is 2.11. The van der Waals surface area contributed by atoms with Gasteiger partial charge in [0, 0.05) is 19.3 Å². The monoisotopic (exact) mass is 217 g/mol. The van der Waals surface area contributed by atoms with E-state index >= 15 is 0 Å². The fraction of sp³-hybridized carbons (Fsp3) is 0.615. The van der Waals surface area contributed by atoms with Gasteiger partial charge in [0.2, 0.25) is 0 Å². The molecule has 3 heterocycles. The summed E-state index contributed by atoms with van der Waals surface area (Å²) in [6.07, 6.45) is 3.24. The Kier molecular flexibility index (Phi) is 2.89. The van der Waals surface area contributed by atoms with Crippen molar-refractivity contribution in [2.75, 3.05) is 26.2 Å². The molecule has 0 amide bonds. The normalized spacial score (nSPS) is 30.2. The fourth-order valence-corrected chi connectivity index (χ4v) is 2.97. The number of pyridine rings is 1. The third-order valence-corrected chi connectivity index (χ3v) is 3.90. The van der Waals surface area contributed by atoms with Crippen molar-refractivity contribution in [2.45, 2.75) is 13.0 Å². The van der Waals surface area contributed by atoms with Gasteiger partial charge in [-0.1, -0.05) is 6.07 Å². The van der Waals surface area contributed by atoms with Crippen molar-refractivity contribution in [3.8, 4) is 0 Å². The average molecular weight is 217 g/mol. The molecule has 2 aliphatic heterocycles. The Morgan fingerprint density at radius 2 is 2.25 bits per heavy atom. The van der Waals surface area contributed by atoms with E-state index in [9.17, 15) is 0 Å². The zero-order valence-corrected chi connectivity index (χ0v) is 9.60. The minimum absolute atomic E-state index is 0.873. The molecule has 0 bridgehead atoms. The van der Waals surface area contributed by atoms with E-state index in [0.717, 1.165) is 18.4 Å². The fourth-order valence-electron chi connectivity index (χ4n) is 2.97. The molecule has 2 aliphatic rings. The first-order chi connectivity index (χ1) is 7.92. The maximum Gasteiger partial charge on any atom is 0.0543 e. The molecule has 2 unspecified atom stereocenters. The lowest BCUT2D eigenvalue weighted by molar-refractivity contribution is 0.141. The Balaban J connectivity index is 1.60. The first-order valence-electron chi connectivity index (χ1n) is 6.25. The van der Waals surface area contributed by atoms with E-state index in [-0.39, 0.29) is 0 Å². The largest absolute Gasteiger partial charge is 0.316 e. The number of piperidine rings is 1. The van der Waals surface area contributed by atoms with Crippen molar-refractivity contribution in [1.29, 1.82) is 0 Å². The smallest absolute Gasteiger partial charge is 0.0543 e. The Hall–Kier alpha value is -0.930. The molecule has 2 saturated heterocycles. The molecule has 2 fully saturated rings. The molecule has 1 aromatic rings. The predicted octanol–water partition coefficient (Wildman–Crippen LogP) is 1.12. The highest BCUT2D eigenvalue weighted by Crippen LogP contribution is 2.26. The van der Waals surface area contributed by atoms with Gasteiger partial charge in [0.05, 0.1) is 5.69 Å². The summed E-state index contributed by atoms with van der Waals surface area (Å²) >= 11 is 0. The molecule has 2 atom stereocenters. The summed E-state index contributed by atoms with van der Waals surface area (Å²) in [5.41, 5.74) is 1.20. The van der Waals surface area contributed by atoms with Gasteiger partial charge in [-0.2, -0.15) is 0 Å². The molecular formula is C13H19N3. The van der Waals surface area contributed by atoms with Crippen LogP contribution in [0.2, 0.25) is 0 Å². The number of rotatable bonds is 2. The number of fused-ring (bicyclic) bond motifs is 1. The quantitative estimate of drug-likeness (QED) is 0.804. The molecule has 0 radical (unpaired) electrons. The van der Waals surface area contributed by atoms with Gasteiger partial charge in [0.25, 0.3) is 0 Å². The summed E-state index contributed by atoms with van der Waals surface area (Å²) in [7, 11) is 0. The predicted molar refractivity (Wildman–Crippen MR) is 64.0 cm³/mol. The lowest BCUT2D eigenvalue weighted by Gasteiger charge is -2.34. The molecule has 0 aromatic carbocycles. The number of nitrogens with one attached hydrogen (secondary N) is 1. The van der Waals surface area contributed by atoms with Crippen molar-refractivity contribution < 1.29 is 0 Å². The summed E-state index contributed by atoms with van der Waals surface area (Å²) < 4.78 is 0. The second kappa shape index (κ2) is 4.52. The van der Waals surface area contributed by atoms with Crippen LogP contribution in [-0.4, -0.2) is 36.1 Å². The zero-order valence-electron chi connectivity index (χ0n) is 9.60. The molecular weight excluding hydrogens is 198 g/mol. The summed E-state index contributed by atoms with van der Waals surface area (Å²) in [4.78, 5) is 6.95. The summed E-state index contributed by atoms with van der Waals surface area (Å²) in [6, 6.07) is 6.18. The molecule has 3 heteroatoms. The van der Waals surface area contributed by atoms with Crippen molar-refractivity contribution in [1.82, 2.24) is 15.2 Å². The molecule has 0 aliphatic carbocycles. The van der Waals surface area contributed by atoms with E-state index in [1.165, 1.54) is 38.3 Å². The molecule has 3 nitrogen and oxygen atoms in total. The van der Waals surface area contributed by atoms with E-state index in [4.69, 9.17) is 0 Å². The van der Waals surface area contributed by atoms with Gasteiger partial charge in [-0.05, 0) is 50.0 Å². The number of aromatic nitrogens is 1. The van der Waals surface area contributed by atoms with E-state index in [1.807, 2.05) is 12.3 Å². The van der Waals surface area contributed by atoms with Gasteiger partial charge in [-0.3, -0.25) is 9.88 Å². The average Bonchev–Trinajstić information content (AvgIpc) is 2.77. The standard InChI is InChI=1S/C13H19N3/c1-2-5-15-13(3-1)10-16-6-4-11-7-14-8-12(11)9-16/h1-3,5,11-12,14H,4,6-10H2. The summed E-state index contributed by atoms with van der Waals surface area (Å²) in [6.45, 7) is 5.95. The molecule has 0 saturated carbocycles. The van der Waals surface area contributed by atoms with Crippen LogP contribution in [0.15, 0.2) is 24.4 Å².